The van der Waals surface area contributed by atoms with Crippen molar-refractivity contribution in [2.75, 3.05) is 0 Å². The molecule has 0 aromatic rings. The lowest BCUT2D eigenvalue weighted by Gasteiger charge is -2.23. The zero-order chi connectivity index (χ0) is 9.14. The van der Waals surface area contributed by atoms with Crippen molar-refractivity contribution in [3.63, 3.8) is 0 Å². The Balaban J connectivity index is 2.74. The number of cyclic esters (lactones) is 2. The number of ether oxygens (including phenoxy) is 2. The third kappa shape index (κ3) is 1.37. The summed E-state index contributed by atoms with van der Waals surface area (Å²) in [6.45, 7) is 6.63. The fourth-order valence-corrected chi connectivity index (χ4v) is 0.769. The highest BCUT2D eigenvalue weighted by Crippen LogP contribution is 2.11. The van der Waals surface area contributed by atoms with E-state index in [1.54, 1.807) is 0 Å². The lowest BCUT2D eigenvalue weighted by molar-refractivity contribution is -0.187. The third-order valence-electron chi connectivity index (χ3n) is 1.38. The first kappa shape index (κ1) is 8.52. The minimum Gasteiger partial charge on any atom is -0.443 e. The minimum atomic E-state index is -0.978. The van der Waals surface area contributed by atoms with Crippen molar-refractivity contribution < 1.29 is 19.1 Å². The van der Waals surface area contributed by atoms with Crippen molar-refractivity contribution >= 4 is 11.9 Å². The summed E-state index contributed by atoms with van der Waals surface area (Å²) in [6, 6.07) is 0. The Morgan fingerprint density at radius 3 is 1.58 bits per heavy atom. The maximum atomic E-state index is 10.9. The van der Waals surface area contributed by atoms with Crippen molar-refractivity contribution in [1.82, 2.24) is 0 Å². The average Bonchev–Trinajstić information content (AvgIpc) is 2.08. The van der Waals surface area contributed by atoms with Crippen molar-refractivity contribution in [2.24, 2.45) is 0 Å². The summed E-state index contributed by atoms with van der Waals surface area (Å²) in [6.07, 6.45) is 0.460. The van der Waals surface area contributed by atoms with Gasteiger partial charge in [0.25, 0.3) is 0 Å². The number of carbonyl (C=O) groups is 2. The van der Waals surface area contributed by atoms with E-state index in [4.69, 9.17) is 0 Å². The van der Waals surface area contributed by atoms with Crippen molar-refractivity contribution in [3.05, 3.63) is 25.3 Å². The van der Waals surface area contributed by atoms with E-state index in [1.165, 1.54) is 12.2 Å². The van der Waals surface area contributed by atoms with Gasteiger partial charge in [-0.2, -0.15) is 0 Å². The number of esters is 2. The van der Waals surface area contributed by atoms with Crippen LogP contribution in [0.25, 0.3) is 0 Å². The van der Waals surface area contributed by atoms with Gasteiger partial charge >= 0.3 is 11.9 Å². The molecule has 1 aliphatic heterocycles. The Hall–Kier alpha value is -1.58. The van der Waals surface area contributed by atoms with Gasteiger partial charge in [-0.1, -0.05) is 13.2 Å². The molecule has 0 aliphatic carbocycles. The van der Waals surface area contributed by atoms with E-state index in [1.807, 2.05) is 0 Å². The monoisotopic (exact) mass is 168 g/mol. The fourth-order valence-electron chi connectivity index (χ4n) is 0.769. The quantitative estimate of drug-likeness (QED) is 0.436. The second-order valence-corrected chi connectivity index (χ2v) is 2.19. The van der Waals surface area contributed by atoms with Crippen LogP contribution in [0.1, 0.15) is 0 Å². The molecule has 2 unspecified atom stereocenters. The first-order chi connectivity index (χ1) is 5.69. The molecule has 0 amide bonds. The van der Waals surface area contributed by atoms with Gasteiger partial charge in [-0.3, -0.25) is 0 Å². The Bertz CT molecular complexity index is 217. The largest absolute Gasteiger partial charge is 0.443 e. The molecule has 1 aliphatic rings. The predicted molar refractivity (Wildman–Crippen MR) is 40.2 cm³/mol. The highest BCUT2D eigenvalue weighted by atomic mass is 16.6. The molecule has 0 N–H and O–H groups in total. The second kappa shape index (κ2) is 3.21. The number of hydrogen-bond donors (Lipinski definition) is 0. The number of carbonyl (C=O) groups excluding carboxylic acids is 2. The minimum absolute atomic E-state index is 0.616. The van der Waals surface area contributed by atoms with Crippen LogP contribution in [0.3, 0.4) is 0 Å². The van der Waals surface area contributed by atoms with Crippen LogP contribution >= 0.6 is 0 Å². The molecular formula is C8H8O4. The zero-order valence-electron chi connectivity index (χ0n) is 6.36. The Morgan fingerprint density at radius 1 is 1.00 bits per heavy atom. The lowest BCUT2D eigenvalue weighted by Crippen LogP contribution is -2.41. The van der Waals surface area contributed by atoms with Crippen LogP contribution in [0.5, 0.6) is 0 Å². The smallest absolute Gasteiger partial charge is 0.352 e. The molecular weight excluding hydrogens is 160 g/mol. The zero-order valence-corrected chi connectivity index (χ0v) is 6.36. The molecule has 64 valence electrons. The molecule has 0 aromatic carbocycles. The van der Waals surface area contributed by atoms with Crippen LogP contribution in [0.4, 0.5) is 0 Å². The van der Waals surface area contributed by atoms with Gasteiger partial charge in [0.1, 0.15) is 0 Å². The highest BCUT2D eigenvalue weighted by molar-refractivity contribution is 5.89. The van der Waals surface area contributed by atoms with Crippen LogP contribution in [-0.4, -0.2) is 24.1 Å². The van der Waals surface area contributed by atoms with Crippen LogP contribution < -0.4 is 0 Å². The topological polar surface area (TPSA) is 52.6 Å². The molecule has 0 bridgehead atoms. The Labute approximate surface area is 69.5 Å². The standard InChI is InChI=1S/C8H8O4/c1-3-5-7(9)12-6(4-2)8(10)11-5/h3-6H,1-2H2. The van der Waals surface area contributed by atoms with Gasteiger partial charge in [-0.15, -0.1) is 0 Å². The van der Waals surface area contributed by atoms with E-state index in [-0.39, 0.29) is 0 Å². The summed E-state index contributed by atoms with van der Waals surface area (Å²) in [5.41, 5.74) is 0. The van der Waals surface area contributed by atoms with E-state index in [9.17, 15) is 9.59 Å². The molecule has 2 atom stereocenters. The molecule has 0 spiro atoms. The maximum absolute atomic E-state index is 10.9. The highest BCUT2D eigenvalue weighted by Gasteiger charge is 2.34. The summed E-state index contributed by atoms with van der Waals surface area (Å²) in [5.74, 6) is -1.23. The van der Waals surface area contributed by atoms with Gasteiger partial charge < -0.3 is 9.47 Å². The summed E-state index contributed by atoms with van der Waals surface area (Å²) < 4.78 is 9.30. The van der Waals surface area contributed by atoms with Crippen molar-refractivity contribution in [2.45, 2.75) is 12.2 Å². The number of hydrogen-bond acceptors (Lipinski definition) is 4. The molecule has 4 heteroatoms. The molecule has 4 nitrogen and oxygen atoms in total. The fraction of sp³-hybridized carbons (Fsp3) is 0.250. The Kier molecular flexibility index (Phi) is 2.28. The lowest BCUT2D eigenvalue weighted by atomic mass is 10.2. The molecule has 0 saturated carbocycles. The second-order valence-electron chi connectivity index (χ2n) is 2.19. The normalized spacial score (nSPS) is 28.7. The Morgan fingerprint density at radius 2 is 1.33 bits per heavy atom. The summed E-state index contributed by atoms with van der Waals surface area (Å²) in [4.78, 5) is 21.8. The molecule has 1 fully saturated rings. The molecule has 0 aromatic heterocycles. The molecule has 1 saturated heterocycles. The molecule has 1 heterocycles. The molecule has 0 radical (unpaired) electrons. The van der Waals surface area contributed by atoms with E-state index in [0.717, 1.165) is 0 Å². The molecule has 12 heavy (non-hydrogen) atoms. The van der Waals surface area contributed by atoms with Crippen LogP contribution in [0, 0.1) is 0 Å². The van der Waals surface area contributed by atoms with Gasteiger partial charge in [-0.05, 0) is 12.2 Å². The van der Waals surface area contributed by atoms with Gasteiger partial charge in [0.15, 0.2) is 0 Å². The van der Waals surface area contributed by atoms with E-state index in [2.05, 4.69) is 22.6 Å². The van der Waals surface area contributed by atoms with Crippen molar-refractivity contribution in [3.8, 4) is 0 Å². The van der Waals surface area contributed by atoms with Crippen molar-refractivity contribution in [1.29, 1.82) is 0 Å². The first-order valence-electron chi connectivity index (χ1n) is 3.35. The van der Waals surface area contributed by atoms with Gasteiger partial charge in [0.05, 0.1) is 0 Å². The van der Waals surface area contributed by atoms with Gasteiger partial charge in [0, 0.05) is 0 Å². The van der Waals surface area contributed by atoms with E-state index < -0.39 is 24.1 Å². The van der Waals surface area contributed by atoms with Crippen LogP contribution in [0.2, 0.25) is 0 Å². The summed E-state index contributed by atoms with van der Waals surface area (Å²) >= 11 is 0. The van der Waals surface area contributed by atoms with E-state index >= 15 is 0 Å². The van der Waals surface area contributed by atoms with Crippen LogP contribution in [0.15, 0.2) is 25.3 Å². The number of rotatable bonds is 2. The van der Waals surface area contributed by atoms with Gasteiger partial charge in [0.2, 0.25) is 12.2 Å². The van der Waals surface area contributed by atoms with E-state index in [0.29, 0.717) is 0 Å². The van der Waals surface area contributed by atoms with Gasteiger partial charge in [-0.25, -0.2) is 9.59 Å². The molecule has 1 rings (SSSR count). The maximum Gasteiger partial charge on any atom is 0.352 e. The average molecular weight is 168 g/mol. The first-order valence-corrected chi connectivity index (χ1v) is 3.35. The third-order valence-corrected chi connectivity index (χ3v) is 1.38. The summed E-state index contributed by atoms with van der Waals surface area (Å²) in [7, 11) is 0. The SMILES string of the molecule is C=CC1OC(=O)C(C=C)OC1=O. The van der Waals surface area contributed by atoms with Crippen LogP contribution in [-0.2, 0) is 19.1 Å². The predicted octanol–water partition coefficient (Wildman–Crippen LogP) is 0.196. The summed E-state index contributed by atoms with van der Waals surface area (Å²) in [5, 5.41) is 0.